The van der Waals surface area contributed by atoms with E-state index < -0.39 is 48.4 Å². The fourth-order valence-electron chi connectivity index (χ4n) is 2.24. The Labute approximate surface area is 155 Å². The molecule has 10 heteroatoms. The molecule has 27 heavy (non-hydrogen) atoms. The minimum Gasteiger partial charge on any atom is -0.508 e. The summed E-state index contributed by atoms with van der Waals surface area (Å²) in [4.78, 5) is 45.9. The number of hydrogen-bond donors (Lipinski definition) is 6. The number of nitrogens with two attached hydrogens (primary N) is 1. The Morgan fingerprint density at radius 2 is 1.74 bits per heavy atom. The molecule has 148 valence electrons. The number of carboxylic acid groups (broad SMARTS) is 1. The van der Waals surface area contributed by atoms with Crippen molar-refractivity contribution in [2.24, 2.45) is 5.73 Å². The van der Waals surface area contributed by atoms with Gasteiger partial charge in [0.15, 0.2) is 0 Å². The molecule has 0 aliphatic carbocycles. The van der Waals surface area contributed by atoms with E-state index in [-0.39, 0.29) is 18.5 Å². The van der Waals surface area contributed by atoms with E-state index in [0.717, 1.165) is 0 Å². The predicted molar refractivity (Wildman–Crippen MR) is 93.6 cm³/mol. The highest BCUT2D eigenvalue weighted by atomic mass is 16.4. The molecule has 0 spiro atoms. The van der Waals surface area contributed by atoms with Crippen LogP contribution >= 0.6 is 0 Å². The van der Waals surface area contributed by atoms with Crippen molar-refractivity contribution in [3.8, 4) is 5.75 Å². The van der Waals surface area contributed by atoms with Crippen molar-refractivity contribution >= 4 is 24.1 Å². The average molecular weight is 381 g/mol. The molecule has 0 heterocycles. The second kappa shape index (κ2) is 10.2. The topological polar surface area (TPSA) is 179 Å². The van der Waals surface area contributed by atoms with E-state index in [1.807, 2.05) is 0 Å². The third kappa shape index (κ3) is 7.42. The Bertz CT molecular complexity index is 676. The average Bonchev–Trinajstić information content (AvgIpc) is 2.59. The highest BCUT2D eigenvalue weighted by Gasteiger charge is 2.29. The lowest BCUT2D eigenvalue weighted by Gasteiger charge is -2.24. The molecule has 1 aromatic rings. The van der Waals surface area contributed by atoms with Gasteiger partial charge in [0.05, 0.1) is 24.6 Å². The first-order valence-electron chi connectivity index (χ1n) is 8.13. The van der Waals surface area contributed by atoms with Crippen LogP contribution in [0.15, 0.2) is 24.3 Å². The van der Waals surface area contributed by atoms with Gasteiger partial charge in [-0.05, 0) is 31.0 Å². The number of carbonyl (C=O) groups excluding carboxylic acids is 3. The molecule has 0 saturated carbocycles. The van der Waals surface area contributed by atoms with Crippen molar-refractivity contribution in [2.75, 3.05) is 0 Å². The maximum atomic E-state index is 12.2. The zero-order chi connectivity index (χ0) is 20.6. The van der Waals surface area contributed by atoms with Gasteiger partial charge in [-0.25, -0.2) is 0 Å². The number of phenolic OH excluding ortho intramolecular Hbond substituents is 1. The van der Waals surface area contributed by atoms with Gasteiger partial charge >= 0.3 is 5.97 Å². The number of phenols is 1. The van der Waals surface area contributed by atoms with Crippen LogP contribution in [0, 0.1) is 0 Å². The molecule has 7 N–H and O–H groups in total. The summed E-state index contributed by atoms with van der Waals surface area (Å²) in [6, 6.07) is 2.30. The maximum absolute atomic E-state index is 12.2. The third-order valence-electron chi connectivity index (χ3n) is 3.68. The van der Waals surface area contributed by atoms with Gasteiger partial charge < -0.3 is 36.5 Å². The molecule has 0 fully saturated rings. The zero-order valence-electron chi connectivity index (χ0n) is 14.7. The van der Waals surface area contributed by atoms with Crippen molar-refractivity contribution < 1.29 is 34.5 Å². The van der Waals surface area contributed by atoms with Crippen LogP contribution in [0.4, 0.5) is 0 Å². The number of aldehydes is 1. The first-order valence-corrected chi connectivity index (χ1v) is 8.13. The molecular formula is C17H23N3O7. The highest BCUT2D eigenvalue weighted by Crippen LogP contribution is 2.11. The standard InChI is InChI=1S/C17H23N3O7/c1-9(22)15(17(27)19-11(8-21)7-14(24)25)20-16(26)13(18)6-10-2-4-12(23)5-3-10/h2-5,8-9,11,13,15,22-23H,6-7,18H2,1H3,(H,19,27)(H,20,26)(H,24,25)/t9-,11+,13+,15+/m1/s1. The number of carbonyl (C=O) groups is 4. The molecule has 10 nitrogen and oxygen atoms in total. The van der Waals surface area contributed by atoms with Crippen LogP contribution in [-0.2, 0) is 25.6 Å². The summed E-state index contributed by atoms with van der Waals surface area (Å²) >= 11 is 0. The highest BCUT2D eigenvalue weighted by molar-refractivity contribution is 5.91. The monoisotopic (exact) mass is 381 g/mol. The summed E-state index contributed by atoms with van der Waals surface area (Å²) < 4.78 is 0. The Hall–Kier alpha value is -2.98. The van der Waals surface area contributed by atoms with E-state index in [1.54, 1.807) is 12.1 Å². The molecule has 0 aliphatic rings. The van der Waals surface area contributed by atoms with Crippen molar-refractivity contribution in [1.29, 1.82) is 0 Å². The van der Waals surface area contributed by atoms with Crippen LogP contribution in [0.2, 0.25) is 0 Å². The van der Waals surface area contributed by atoms with Gasteiger partial charge in [0.1, 0.15) is 18.1 Å². The molecular weight excluding hydrogens is 358 g/mol. The molecule has 4 atom stereocenters. The van der Waals surface area contributed by atoms with Gasteiger partial charge in [-0.1, -0.05) is 12.1 Å². The van der Waals surface area contributed by atoms with Crippen molar-refractivity contribution in [3.05, 3.63) is 29.8 Å². The Morgan fingerprint density at radius 3 is 2.22 bits per heavy atom. The van der Waals surface area contributed by atoms with Gasteiger partial charge in [0.2, 0.25) is 11.8 Å². The molecule has 1 rings (SSSR count). The summed E-state index contributed by atoms with van der Waals surface area (Å²) in [7, 11) is 0. The van der Waals surface area contributed by atoms with Crippen LogP contribution in [0.5, 0.6) is 5.75 Å². The Balaban J connectivity index is 2.72. The lowest BCUT2D eigenvalue weighted by Crippen LogP contribution is -2.57. The summed E-state index contributed by atoms with van der Waals surface area (Å²) in [6.07, 6.45) is -1.57. The first-order chi connectivity index (χ1) is 12.6. The van der Waals surface area contributed by atoms with Gasteiger partial charge in [0, 0.05) is 0 Å². The Morgan fingerprint density at radius 1 is 1.15 bits per heavy atom. The molecule has 0 radical (unpaired) electrons. The number of benzene rings is 1. The maximum Gasteiger partial charge on any atom is 0.305 e. The molecule has 0 aliphatic heterocycles. The third-order valence-corrected chi connectivity index (χ3v) is 3.68. The van der Waals surface area contributed by atoms with E-state index >= 15 is 0 Å². The summed E-state index contributed by atoms with van der Waals surface area (Å²) in [6.45, 7) is 1.25. The minimum absolute atomic E-state index is 0.0636. The second-order valence-electron chi connectivity index (χ2n) is 6.05. The summed E-state index contributed by atoms with van der Waals surface area (Å²) in [5.41, 5.74) is 6.48. The predicted octanol–water partition coefficient (Wildman–Crippen LogP) is -1.71. The number of aromatic hydroxyl groups is 1. The number of rotatable bonds is 10. The number of nitrogens with one attached hydrogen (secondary N) is 2. The van der Waals surface area contributed by atoms with Gasteiger partial charge in [0.25, 0.3) is 0 Å². The van der Waals surface area contributed by atoms with E-state index in [0.29, 0.717) is 5.56 Å². The van der Waals surface area contributed by atoms with E-state index in [9.17, 15) is 29.4 Å². The fraction of sp³-hybridized carbons (Fsp3) is 0.412. The lowest BCUT2D eigenvalue weighted by atomic mass is 10.0. The molecule has 0 saturated heterocycles. The van der Waals surface area contributed by atoms with Gasteiger partial charge in [-0.2, -0.15) is 0 Å². The zero-order valence-corrected chi connectivity index (χ0v) is 14.7. The first kappa shape index (κ1) is 22.1. The van der Waals surface area contributed by atoms with Crippen LogP contribution in [0.25, 0.3) is 0 Å². The normalized spacial score (nSPS) is 15.1. The van der Waals surface area contributed by atoms with Crippen LogP contribution in [-0.4, -0.2) is 63.6 Å². The SMILES string of the molecule is C[C@@H](O)[C@H](NC(=O)[C@@H](N)Cc1ccc(O)cc1)C(=O)N[C@H](C=O)CC(=O)O. The van der Waals surface area contributed by atoms with E-state index in [4.69, 9.17) is 10.8 Å². The number of aliphatic hydroxyl groups is 1. The molecule has 0 aromatic heterocycles. The number of aliphatic carboxylic acids is 1. The van der Waals surface area contributed by atoms with Crippen LogP contribution < -0.4 is 16.4 Å². The summed E-state index contributed by atoms with van der Waals surface area (Å²) in [5.74, 6) is -2.85. The van der Waals surface area contributed by atoms with Crippen molar-refractivity contribution in [3.63, 3.8) is 0 Å². The minimum atomic E-state index is -1.42. The summed E-state index contributed by atoms with van der Waals surface area (Å²) in [5, 5.41) is 32.1. The number of hydrogen-bond acceptors (Lipinski definition) is 7. The quantitative estimate of drug-likeness (QED) is 0.259. The molecule has 0 bridgehead atoms. The smallest absolute Gasteiger partial charge is 0.305 e. The van der Waals surface area contributed by atoms with Crippen LogP contribution in [0.3, 0.4) is 0 Å². The number of aliphatic hydroxyl groups excluding tert-OH is 1. The van der Waals surface area contributed by atoms with Gasteiger partial charge in [-0.3, -0.25) is 14.4 Å². The largest absolute Gasteiger partial charge is 0.508 e. The Kier molecular flexibility index (Phi) is 8.36. The van der Waals surface area contributed by atoms with Crippen molar-refractivity contribution in [1.82, 2.24) is 10.6 Å². The molecule has 2 amide bonds. The lowest BCUT2D eigenvalue weighted by molar-refractivity contribution is -0.139. The van der Waals surface area contributed by atoms with E-state index in [2.05, 4.69) is 10.6 Å². The molecule has 0 unspecified atom stereocenters. The van der Waals surface area contributed by atoms with Crippen LogP contribution in [0.1, 0.15) is 18.9 Å². The fourth-order valence-corrected chi connectivity index (χ4v) is 2.24. The van der Waals surface area contributed by atoms with Gasteiger partial charge in [-0.15, -0.1) is 0 Å². The number of carboxylic acids is 1. The van der Waals surface area contributed by atoms with E-state index in [1.165, 1.54) is 19.1 Å². The van der Waals surface area contributed by atoms with Crippen molar-refractivity contribution in [2.45, 2.75) is 44.0 Å². The molecule has 1 aromatic carbocycles. The second-order valence-corrected chi connectivity index (χ2v) is 6.05. The number of amides is 2.